The molecule has 2 aromatic rings. The SMILES string of the molecule is CC(=O)Oc1cccc(C(=O)NCc2ccccc2NC(=O)C=C2CCCCC2)c1. The summed E-state index contributed by atoms with van der Waals surface area (Å²) in [7, 11) is 0. The van der Waals surface area contributed by atoms with Crippen molar-refractivity contribution in [3.05, 3.63) is 71.3 Å². The smallest absolute Gasteiger partial charge is 0.308 e. The predicted octanol–water partition coefficient (Wildman–Crippen LogP) is 4.37. The summed E-state index contributed by atoms with van der Waals surface area (Å²) in [4.78, 5) is 36.0. The maximum Gasteiger partial charge on any atom is 0.308 e. The third kappa shape index (κ3) is 6.30. The zero-order chi connectivity index (χ0) is 21.3. The summed E-state index contributed by atoms with van der Waals surface area (Å²) in [6.07, 6.45) is 7.18. The predicted molar refractivity (Wildman–Crippen MR) is 115 cm³/mol. The topological polar surface area (TPSA) is 84.5 Å². The van der Waals surface area contributed by atoms with Crippen molar-refractivity contribution in [1.29, 1.82) is 0 Å². The van der Waals surface area contributed by atoms with E-state index in [0.717, 1.165) is 31.2 Å². The van der Waals surface area contributed by atoms with Crippen LogP contribution in [0.15, 0.2) is 60.2 Å². The minimum atomic E-state index is -0.444. The number of hydrogen-bond donors (Lipinski definition) is 2. The van der Waals surface area contributed by atoms with Crippen molar-refractivity contribution < 1.29 is 19.1 Å². The highest BCUT2D eigenvalue weighted by Gasteiger charge is 2.11. The Morgan fingerprint density at radius 1 is 1.00 bits per heavy atom. The zero-order valence-electron chi connectivity index (χ0n) is 17.1. The molecule has 2 aromatic carbocycles. The molecular weight excluding hydrogens is 380 g/mol. The first-order valence-corrected chi connectivity index (χ1v) is 10.2. The summed E-state index contributed by atoms with van der Waals surface area (Å²) in [5.74, 6) is -0.562. The fourth-order valence-corrected chi connectivity index (χ4v) is 3.45. The average Bonchev–Trinajstić information content (AvgIpc) is 2.73. The number of amides is 2. The van der Waals surface area contributed by atoms with Crippen LogP contribution in [0.1, 0.15) is 54.9 Å². The monoisotopic (exact) mass is 406 g/mol. The van der Waals surface area contributed by atoms with Crippen LogP contribution < -0.4 is 15.4 Å². The molecule has 0 aliphatic heterocycles. The molecule has 2 N–H and O–H groups in total. The molecule has 1 aliphatic rings. The quantitative estimate of drug-likeness (QED) is 0.424. The molecule has 0 atom stereocenters. The summed E-state index contributed by atoms with van der Waals surface area (Å²) >= 11 is 0. The Balaban J connectivity index is 1.63. The van der Waals surface area contributed by atoms with E-state index in [1.54, 1.807) is 24.3 Å². The lowest BCUT2D eigenvalue weighted by molar-refractivity contribution is -0.131. The normalized spacial score (nSPS) is 13.3. The molecule has 0 heterocycles. The number of benzene rings is 2. The van der Waals surface area contributed by atoms with E-state index in [2.05, 4.69) is 10.6 Å². The first kappa shape index (κ1) is 21.3. The van der Waals surface area contributed by atoms with Crippen molar-refractivity contribution in [3.8, 4) is 5.75 Å². The van der Waals surface area contributed by atoms with Gasteiger partial charge in [-0.15, -0.1) is 0 Å². The Morgan fingerprint density at radius 2 is 1.77 bits per heavy atom. The van der Waals surface area contributed by atoms with Gasteiger partial charge >= 0.3 is 5.97 Å². The van der Waals surface area contributed by atoms with Gasteiger partial charge in [-0.25, -0.2) is 0 Å². The molecule has 3 rings (SSSR count). The second-order valence-electron chi connectivity index (χ2n) is 7.31. The van der Waals surface area contributed by atoms with E-state index in [4.69, 9.17) is 4.74 Å². The lowest BCUT2D eigenvalue weighted by atomic mass is 9.94. The number of carbonyl (C=O) groups is 3. The van der Waals surface area contributed by atoms with Crippen LogP contribution >= 0.6 is 0 Å². The molecule has 0 spiro atoms. The number of para-hydroxylation sites is 1. The maximum atomic E-state index is 12.5. The number of nitrogens with one attached hydrogen (secondary N) is 2. The average molecular weight is 406 g/mol. The van der Waals surface area contributed by atoms with Crippen LogP contribution in [0.2, 0.25) is 0 Å². The molecule has 30 heavy (non-hydrogen) atoms. The highest BCUT2D eigenvalue weighted by atomic mass is 16.5. The third-order valence-corrected chi connectivity index (χ3v) is 4.90. The molecular formula is C24H26N2O4. The molecule has 1 saturated carbocycles. The van der Waals surface area contributed by atoms with Crippen molar-refractivity contribution in [2.75, 3.05) is 5.32 Å². The summed E-state index contributed by atoms with van der Waals surface area (Å²) in [5, 5.41) is 5.77. The number of hydrogen-bond acceptors (Lipinski definition) is 4. The van der Waals surface area contributed by atoms with Gasteiger partial charge in [-0.05, 0) is 55.5 Å². The van der Waals surface area contributed by atoms with Gasteiger partial charge in [0.25, 0.3) is 5.91 Å². The van der Waals surface area contributed by atoms with Crippen LogP contribution in [0, 0.1) is 0 Å². The molecule has 1 fully saturated rings. The van der Waals surface area contributed by atoms with Crippen molar-refractivity contribution >= 4 is 23.5 Å². The third-order valence-electron chi connectivity index (χ3n) is 4.90. The van der Waals surface area contributed by atoms with E-state index in [1.807, 2.05) is 24.3 Å². The second-order valence-corrected chi connectivity index (χ2v) is 7.31. The molecule has 0 unspecified atom stereocenters. The van der Waals surface area contributed by atoms with Crippen LogP contribution in [-0.2, 0) is 16.1 Å². The van der Waals surface area contributed by atoms with Crippen molar-refractivity contribution in [2.24, 2.45) is 0 Å². The van der Waals surface area contributed by atoms with Crippen molar-refractivity contribution in [3.63, 3.8) is 0 Å². The van der Waals surface area contributed by atoms with Crippen molar-refractivity contribution in [1.82, 2.24) is 5.32 Å². The summed E-state index contributed by atoms with van der Waals surface area (Å²) in [6.45, 7) is 1.56. The fraction of sp³-hybridized carbons (Fsp3) is 0.292. The molecule has 0 saturated heterocycles. The van der Waals surface area contributed by atoms with Gasteiger partial charge in [-0.2, -0.15) is 0 Å². The maximum absolute atomic E-state index is 12.5. The van der Waals surface area contributed by atoms with Gasteiger partial charge in [-0.1, -0.05) is 36.3 Å². The second kappa shape index (κ2) is 10.4. The van der Waals surface area contributed by atoms with Crippen LogP contribution in [0.4, 0.5) is 5.69 Å². The van der Waals surface area contributed by atoms with Gasteiger partial charge in [0.05, 0.1) is 0 Å². The Kier molecular flexibility index (Phi) is 7.38. The molecule has 6 nitrogen and oxygen atoms in total. The number of allylic oxidation sites excluding steroid dienone is 1. The van der Waals surface area contributed by atoms with E-state index in [1.165, 1.54) is 25.0 Å². The molecule has 156 valence electrons. The van der Waals surface area contributed by atoms with Gasteiger partial charge in [0.15, 0.2) is 0 Å². The Bertz CT molecular complexity index is 957. The number of rotatable bonds is 6. The highest BCUT2D eigenvalue weighted by molar-refractivity contribution is 6.00. The van der Waals surface area contributed by atoms with E-state index >= 15 is 0 Å². The number of esters is 1. The van der Waals surface area contributed by atoms with E-state index in [-0.39, 0.29) is 18.4 Å². The van der Waals surface area contributed by atoms with Crippen LogP contribution in [0.25, 0.3) is 0 Å². The van der Waals surface area contributed by atoms with Crippen LogP contribution in [-0.4, -0.2) is 17.8 Å². The number of carbonyl (C=O) groups excluding carboxylic acids is 3. The molecule has 0 bridgehead atoms. The number of ether oxygens (including phenoxy) is 1. The fourth-order valence-electron chi connectivity index (χ4n) is 3.45. The van der Waals surface area contributed by atoms with Gasteiger partial charge in [-0.3, -0.25) is 14.4 Å². The Labute approximate surface area is 176 Å². The highest BCUT2D eigenvalue weighted by Crippen LogP contribution is 2.23. The minimum Gasteiger partial charge on any atom is -0.427 e. The first-order chi connectivity index (χ1) is 14.5. The van der Waals surface area contributed by atoms with E-state index in [9.17, 15) is 14.4 Å². The summed E-state index contributed by atoms with van der Waals surface area (Å²) in [6, 6.07) is 13.8. The lowest BCUT2D eigenvalue weighted by Crippen LogP contribution is -2.23. The Morgan fingerprint density at radius 3 is 2.53 bits per heavy atom. The van der Waals surface area contributed by atoms with E-state index < -0.39 is 5.97 Å². The van der Waals surface area contributed by atoms with E-state index in [0.29, 0.717) is 17.0 Å². The summed E-state index contributed by atoms with van der Waals surface area (Å²) < 4.78 is 5.02. The molecule has 0 radical (unpaired) electrons. The largest absolute Gasteiger partial charge is 0.427 e. The zero-order valence-corrected chi connectivity index (χ0v) is 17.1. The molecule has 2 amide bonds. The minimum absolute atomic E-state index is 0.139. The molecule has 1 aliphatic carbocycles. The first-order valence-electron chi connectivity index (χ1n) is 10.2. The Hall–Kier alpha value is -3.41. The van der Waals surface area contributed by atoms with Crippen molar-refractivity contribution in [2.45, 2.75) is 45.6 Å². The lowest BCUT2D eigenvalue weighted by Gasteiger charge is -2.14. The van der Waals surface area contributed by atoms with Crippen LogP contribution in [0.3, 0.4) is 0 Å². The van der Waals surface area contributed by atoms with Crippen LogP contribution in [0.5, 0.6) is 5.75 Å². The summed E-state index contributed by atoms with van der Waals surface area (Å²) in [5.41, 5.74) is 3.05. The molecule has 0 aromatic heterocycles. The standard InChI is InChI=1S/C24H26N2O4/c1-17(27)30-21-12-7-11-19(15-21)24(29)25-16-20-10-5-6-13-22(20)26-23(28)14-18-8-3-2-4-9-18/h5-7,10-15H,2-4,8-9,16H2,1H3,(H,25,29)(H,26,28). The van der Waals surface area contributed by atoms with Gasteiger partial charge in [0, 0.05) is 30.8 Å². The van der Waals surface area contributed by atoms with Gasteiger partial charge in [0.1, 0.15) is 5.75 Å². The van der Waals surface area contributed by atoms with Gasteiger partial charge in [0.2, 0.25) is 5.91 Å². The molecule has 6 heteroatoms. The number of anilines is 1. The van der Waals surface area contributed by atoms with Gasteiger partial charge < -0.3 is 15.4 Å².